The lowest BCUT2D eigenvalue weighted by Gasteiger charge is -2.36. The maximum absolute atomic E-state index is 12.0. The van der Waals surface area contributed by atoms with Gasteiger partial charge in [-0.15, -0.1) is 0 Å². The number of nitrogens with two attached hydrogens (primary N) is 1. The normalized spacial score (nSPS) is 30.9. The number of carbonyl (C=O) groups is 1. The Labute approximate surface area is 127 Å². The highest BCUT2D eigenvalue weighted by atomic mass is 16.5. The van der Waals surface area contributed by atoms with Gasteiger partial charge in [0.1, 0.15) is 5.54 Å². The van der Waals surface area contributed by atoms with Crippen LogP contribution in [0.4, 0.5) is 0 Å². The summed E-state index contributed by atoms with van der Waals surface area (Å²) in [4.78, 5) is 12.0. The van der Waals surface area contributed by atoms with Crippen molar-refractivity contribution in [2.45, 2.75) is 70.1 Å². The average Bonchev–Trinajstić information content (AvgIpc) is 2.83. The summed E-state index contributed by atoms with van der Waals surface area (Å²) in [5, 5.41) is 3.44. The molecule has 2 atom stereocenters. The van der Waals surface area contributed by atoms with Gasteiger partial charge in [0.2, 0.25) is 5.91 Å². The Morgan fingerprint density at radius 3 is 2.71 bits per heavy atom. The number of rotatable bonds is 7. The summed E-state index contributed by atoms with van der Waals surface area (Å²) < 4.78 is 11.3. The molecule has 5 nitrogen and oxygen atoms in total. The first-order valence-corrected chi connectivity index (χ1v) is 8.31. The molecule has 0 spiro atoms. The molecule has 1 saturated carbocycles. The van der Waals surface area contributed by atoms with Gasteiger partial charge in [-0.05, 0) is 51.9 Å². The van der Waals surface area contributed by atoms with Gasteiger partial charge in [0, 0.05) is 25.9 Å². The fourth-order valence-electron chi connectivity index (χ4n) is 3.79. The van der Waals surface area contributed by atoms with Gasteiger partial charge in [0.15, 0.2) is 0 Å². The lowest BCUT2D eigenvalue weighted by atomic mass is 9.83. The highest BCUT2D eigenvalue weighted by Crippen LogP contribution is 2.38. The van der Waals surface area contributed by atoms with Crippen LogP contribution >= 0.6 is 0 Å². The van der Waals surface area contributed by atoms with Crippen LogP contribution in [0, 0.1) is 5.92 Å². The molecule has 1 amide bonds. The predicted octanol–water partition coefficient (Wildman–Crippen LogP) is 1.59. The minimum Gasteiger partial charge on any atom is -0.381 e. The SMILES string of the molecule is CC(C)NC1(C(N)=O)CCCC1CCOC1CCOCC1. The van der Waals surface area contributed by atoms with Crippen molar-refractivity contribution < 1.29 is 14.3 Å². The number of amides is 1. The van der Waals surface area contributed by atoms with Crippen molar-refractivity contribution in [1.29, 1.82) is 0 Å². The predicted molar refractivity (Wildman–Crippen MR) is 81.9 cm³/mol. The summed E-state index contributed by atoms with van der Waals surface area (Å²) in [6, 6.07) is 0.259. The summed E-state index contributed by atoms with van der Waals surface area (Å²) in [5.74, 6) is 0.0852. The van der Waals surface area contributed by atoms with E-state index in [9.17, 15) is 4.79 Å². The Bertz CT molecular complexity index is 342. The molecule has 0 aromatic heterocycles. The van der Waals surface area contributed by atoms with Crippen molar-refractivity contribution in [1.82, 2.24) is 5.32 Å². The molecule has 0 radical (unpaired) electrons. The summed E-state index contributed by atoms with van der Waals surface area (Å²) in [5.41, 5.74) is 5.19. The smallest absolute Gasteiger partial charge is 0.238 e. The molecule has 3 N–H and O–H groups in total. The molecule has 0 aromatic carbocycles. The van der Waals surface area contributed by atoms with Gasteiger partial charge in [-0.2, -0.15) is 0 Å². The molecule has 122 valence electrons. The third kappa shape index (κ3) is 4.18. The van der Waals surface area contributed by atoms with Crippen LogP contribution < -0.4 is 11.1 Å². The number of primary amides is 1. The first-order valence-electron chi connectivity index (χ1n) is 8.31. The lowest BCUT2D eigenvalue weighted by Crippen LogP contribution is -2.60. The van der Waals surface area contributed by atoms with Gasteiger partial charge >= 0.3 is 0 Å². The highest BCUT2D eigenvalue weighted by Gasteiger charge is 2.47. The Morgan fingerprint density at radius 2 is 2.10 bits per heavy atom. The molecule has 2 rings (SSSR count). The van der Waals surface area contributed by atoms with Gasteiger partial charge in [-0.1, -0.05) is 6.42 Å². The van der Waals surface area contributed by atoms with Crippen molar-refractivity contribution in [3.8, 4) is 0 Å². The Balaban J connectivity index is 1.86. The Hall–Kier alpha value is -0.650. The second-order valence-corrected chi connectivity index (χ2v) is 6.69. The van der Waals surface area contributed by atoms with Crippen LogP contribution in [0.15, 0.2) is 0 Å². The van der Waals surface area contributed by atoms with E-state index >= 15 is 0 Å². The molecular weight excluding hydrogens is 268 g/mol. The van der Waals surface area contributed by atoms with Crippen molar-refractivity contribution in [2.75, 3.05) is 19.8 Å². The first-order chi connectivity index (χ1) is 10.0. The second-order valence-electron chi connectivity index (χ2n) is 6.69. The molecule has 0 bridgehead atoms. The maximum atomic E-state index is 12.0. The van der Waals surface area contributed by atoms with Crippen LogP contribution in [0.2, 0.25) is 0 Å². The van der Waals surface area contributed by atoms with E-state index < -0.39 is 5.54 Å². The molecule has 1 heterocycles. The molecule has 0 aromatic rings. The summed E-state index contributed by atoms with van der Waals surface area (Å²) in [6.07, 6.45) is 6.15. The van der Waals surface area contributed by atoms with Crippen molar-refractivity contribution in [3.63, 3.8) is 0 Å². The average molecular weight is 298 g/mol. The number of nitrogens with one attached hydrogen (secondary N) is 1. The van der Waals surface area contributed by atoms with E-state index in [-0.39, 0.29) is 17.9 Å². The molecule has 2 unspecified atom stereocenters. The van der Waals surface area contributed by atoms with E-state index in [1.165, 1.54) is 0 Å². The fourth-order valence-corrected chi connectivity index (χ4v) is 3.79. The molecule has 21 heavy (non-hydrogen) atoms. The van der Waals surface area contributed by atoms with E-state index in [2.05, 4.69) is 19.2 Å². The number of hydrogen-bond acceptors (Lipinski definition) is 4. The molecular formula is C16H30N2O3. The second kappa shape index (κ2) is 7.56. The molecule has 1 aliphatic carbocycles. The van der Waals surface area contributed by atoms with Gasteiger partial charge in [0.25, 0.3) is 0 Å². The molecule has 2 aliphatic rings. The van der Waals surface area contributed by atoms with E-state index in [0.29, 0.717) is 12.7 Å². The zero-order valence-corrected chi connectivity index (χ0v) is 13.4. The van der Waals surface area contributed by atoms with Crippen LogP contribution in [0.5, 0.6) is 0 Å². The Morgan fingerprint density at radius 1 is 1.38 bits per heavy atom. The summed E-state index contributed by atoms with van der Waals surface area (Å²) >= 11 is 0. The quantitative estimate of drug-likeness (QED) is 0.748. The van der Waals surface area contributed by atoms with Gasteiger partial charge in [-0.3, -0.25) is 4.79 Å². The van der Waals surface area contributed by atoms with Crippen molar-refractivity contribution in [2.24, 2.45) is 11.7 Å². The third-order valence-corrected chi connectivity index (χ3v) is 4.79. The molecule has 2 fully saturated rings. The maximum Gasteiger partial charge on any atom is 0.238 e. The highest BCUT2D eigenvalue weighted by molar-refractivity contribution is 5.85. The zero-order valence-electron chi connectivity index (χ0n) is 13.4. The largest absolute Gasteiger partial charge is 0.381 e. The van der Waals surface area contributed by atoms with E-state index in [0.717, 1.165) is 51.7 Å². The standard InChI is InChI=1S/C16H30N2O3/c1-12(2)18-16(15(17)19)8-3-4-13(16)5-11-21-14-6-9-20-10-7-14/h12-14,18H,3-11H2,1-2H3,(H2,17,19). The zero-order chi connectivity index (χ0) is 15.3. The monoisotopic (exact) mass is 298 g/mol. The van der Waals surface area contributed by atoms with E-state index in [1.54, 1.807) is 0 Å². The number of ether oxygens (including phenoxy) is 2. The van der Waals surface area contributed by atoms with Crippen LogP contribution in [-0.4, -0.2) is 43.4 Å². The van der Waals surface area contributed by atoms with Crippen molar-refractivity contribution in [3.05, 3.63) is 0 Å². The number of carbonyl (C=O) groups excluding carboxylic acids is 1. The van der Waals surface area contributed by atoms with Crippen LogP contribution in [0.25, 0.3) is 0 Å². The third-order valence-electron chi connectivity index (χ3n) is 4.79. The summed E-state index contributed by atoms with van der Waals surface area (Å²) in [7, 11) is 0. The Kier molecular flexibility index (Phi) is 6.02. The van der Waals surface area contributed by atoms with Gasteiger partial charge < -0.3 is 20.5 Å². The van der Waals surface area contributed by atoms with Crippen LogP contribution in [0.1, 0.15) is 52.4 Å². The minimum absolute atomic E-state index is 0.204. The number of hydrogen-bond donors (Lipinski definition) is 2. The van der Waals surface area contributed by atoms with Crippen LogP contribution in [-0.2, 0) is 14.3 Å². The topological polar surface area (TPSA) is 73.6 Å². The first kappa shape index (κ1) is 16.7. The van der Waals surface area contributed by atoms with E-state index in [4.69, 9.17) is 15.2 Å². The summed E-state index contributed by atoms with van der Waals surface area (Å²) in [6.45, 7) is 6.45. The molecule has 1 aliphatic heterocycles. The van der Waals surface area contributed by atoms with Gasteiger partial charge in [0.05, 0.1) is 6.10 Å². The van der Waals surface area contributed by atoms with Crippen molar-refractivity contribution >= 4 is 5.91 Å². The molecule has 5 heteroatoms. The lowest BCUT2D eigenvalue weighted by molar-refractivity contribution is -0.126. The van der Waals surface area contributed by atoms with E-state index in [1.807, 2.05) is 0 Å². The van der Waals surface area contributed by atoms with Crippen LogP contribution in [0.3, 0.4) is 0 Å². The van der Waals surface area contributed by atoms with Gasteiger partial charge in [-0.25, -0.2) is 0 Å². The minimum atomic E-state index is -0.535. The fraction of sp³-hybridized carbons (Fsp3) is 0.938. The molecule has 1 saturated heterocycles.